The summed E-state index contributed by atoms with van der Waals surface area (Å²) in [7, 11) is 2.20. The van der Waals surface area contributed by atoms with Crippen molar-refractivity contribution < 1.29 is 4.79 Å². The van der Waals surface area contributed by atoms with Crippen molar-refractivity contribution in [2.75, 3.05) is 38.3 Å². The van der Waals surface area contributed by atoms with Crippen LogP contribution in [-0.2, 0) is 11.3 Å². The van der Waals surface area contributed by atoms with Gasteiger partial charge in [0.1, 0.15) is 0 Å². The summed E-state index contributed by atoms with van der Waals surface area (Å²) < 4.78 is 0. The van der Waals surface area contributed by atoms with E-state index in [2.05, 4.69) is 52.5 Å². The normalized spacial score (nSPS) is 20.9. The smallest absolute Gasteiger partial charge is 0.240 e. The molecule has 2 aliphatic heterocycles. The standard InChI is InChI=1S/C18H27N3OS.2ClH/c1-20(11-15-5-3-2-4-6-15)12-16-7-9-21(10-8-16)18(22)17-13-23-14-19-17;;/h2-6,16-17,19H,7-14H2,1H3;2*1H. The molecule has 1 atom stereocenters. The minimum Gasteiger partial charge on any atom is -0.341 e. The Bertz CT molecular complexity index is 506. The van der Waals surface area contributed by atoms with E-state index in [1.807, 2.05) is 11.8 Å². The van der Waals surface area contributed by atoms with Crippen molar-refractivity contribution in [3.05, 3.63) is 35.9 Å². The summed E-state index contributed by atoms with van der Waals surface area (Å²) in [4.78, 5) is 16.9. The Morgan fingerprint density at radius 1 is 1.24 bits per heavy atom. The monoisotopic (exact) mass is 405 g/mol. The summed E-state index contributed by atoms with van der Waals surface area (Å²) in [5, 5.41) is 3.29. The number of piperidine rings is 1. The summed E-state index contributed by atoms with van der Waals surface area (Å²) in [6.45, 7) is 3.97. The van der Waals surface area contributed by atoms with Gasteiger partial charge in [-0.1, -0.05) is 30.3 Å². The number of halogens is 2. The number of amides is 1. The molecule has 0 spiro atoms. The van der Waals surface area contributed by atoms with Gasteiger partial charge in [-0.2, -0.15) is 0 Å². The van der Waals surface area contributed by atoms with E-state index in [4.69, 9.17) is 0 Å². The second-order valence-corrected chi connectivity index (χ2v) is 7.75. The lowest BCUT2D eigenvalue weighted by atomic mass is 9.95. The highest BCUT2D eigenvalue weighted by Gasteiger charge is 2.30. The van der Waals surface area contributed by atoms with E-state index < -0.39 is 0 Å². The number of carbonyl (C=O) groups is 1. The van der Waals surface area contributed by atoms with Crippen molar-refractivity contribution in [1.29, 1.82) is 0 Å². The van der Waals surface area contributed by atoms with Gasteiger partial charge in [0, 0.05) is 37.8 Å². The van der Waals surface area contributed by atoms with Crippen LogP contribution in [0, 0.1) is 5.92 Å². The number of nitrogens with zero attached hydrogens (tertiary/aromatic N) is 2. The number of rotatable bonds is 5. The average Bonchev–Trinajstić information content (AvgIpc) is 3.10. The molecule has 0 bridgehead atoms. The lowest BCUT2D eigenvalue weighted by Crippen LogP contribution is -2.48. The molecule has 2 heterocycles. The molecule has 7 heteroatoms. The van der Waals surface area contributed by atoms with Gasteiger partial charge < -0.3 is 9.80 Å². The van der Waals surface area contributed by atoms with Crippen LogP contribution in [0.2, 0.25) is 0 Å². The number of carbonyl (C=O) groups excluding carboxylic acids is 1. The van der Waals surface area contributed by atoms with Crippen LogP contribution in [0.3, 0.4) is 0 Å². The van der Waals surface area contributed by atoms with Crippen LogP contribution >= 0.6 is 36.6 Å². The lowest BCUT2D eigenvalue weighted by molar-refractivity contribution is -0.134. The van der Waals surface area contributed by atoms with Gasteiger partial charge in [0.05, 0.1) is 6.04 Å². The molecule has 1 aromatic carbocycles. The molecule has 2 aliphatic rings. The zero-order valence-corrected chi connectivity index (χ0v) is 17.2. The Labute approximate surface area is 167 Å². The van der Waals surface area contributed by atoms with E-state index in [0.29, 0.717) is 11.8 Å². The quantitative estimate of drug-likeness (QED) is 0.816. The molecule has 0 saturated carbocycles. The molecule has 0 aliphatic carbocycles. The third kappa shape index (κ3) is 6.65. The van der Waals surface area contributed by atoms with Gasteiger partial charge in [-0.25, -0.2) is 0 Å². The van der Waals surface area contributed by atoms with Crippen LogP contribution in [0.25, 0.3) is 0 Å². The van der Waals surface area contributed by atoms with E-state index in [9.17, 15) is 4.79 Å². The fraction of sp³-hybridized carbons (Fsp3) is 0.611. The summed E-state index contributed by atoms with van der Waals surface area (Å²) in [6.07, 6.45) is 2.26. The molecule has 1 N–H and O–H groups in total. The Hall–Kier alpha value is -0.460. The lowest BCUT2D eigenvalue weighted by Gasteiger charge is -2.35. The Morgan fingerprint density at radius 2 is 1.92 bits per heavy atom. The maximum atomic E-state index is 12.4. The highest BCUT2D eigenvalue weighted by molar-refractivity contribution is 7.99. The third-order valence-electron chi connectivity index (χ3n) is 4.81. The fourth-order valence-corrected chi connectivity index (χ4v) is 4.44. The fourth-order valence-electron chi connectivity index (χ4n) is 3.51. The van der Waals surface area contributed by atoms with Crippen molar-refractivity contribution >= 4 is 42.5 Å². The number of likely N-dealkylation sites (tertiary alicyclic amines) is 1. The largest absolute Gasteiger partial charge is 0.341 e. The van der Waals surface area contributed by atoms with Crippen molar-refractivity contribution in [3.63, 3.8) is 0 Å². The number of benzene rings is 1. The minimum atomic E-state index is 0. The van der Waals surface area contributed by atoms with E-state index in [1.54, 1.807) is 0 Å². The van der Waals surface area contributed by atoms with Gasteiger partial charge in [-0.05, 0) is 31.4 Å². The first-order valence-electron chi connectivity index (χ1n) is 8.55. The second-order valence-electron chi connectivity index (χ2n) is 6.72. The number of hydrogen-bond donors (Lipinski definition) is 1. The molecule has 2 fully saturated rings. The Balaban J connectivity index is 0.00000156. The summed E-state index contributed by atoms with van der Waals surface area (Å²) >= 11 is 1.82. The van der Waals surface area contributed by atoms with E-state index >= 15 is 0 Å². The van der Waals surface area contributed by atoms with Crippen molar-refractivity contribution in [1.82, 2.24) is 15.1 Å². The van der Waals surface area contributed by atoms with Gasteiger partial charge in [0.25, 0.3) is 0 Å². The van der Waals surface area contributed by atoms with Crippen LogP contribution in [0.4, 0.5) is 0 Å². The summed E-state index contributed by atoms with van der Waals surface area (Å²) in [6, 6.07) is 10.7. The predicted octanol–water partition coefficient (Wildman–Crippen LogP) is 2.86. The molecule has 2 saturated heterocycles. The SMILES string of the molecule is CN(Cc1ccccc1)CC1CCN(C(=O)C2CSCN2)CC1.Cl.Cl. The maximum absolute atomic E-state index is 12.4. The first-order valence-corrected chi connectivity index (χ1v) is 9.70. The third-order valence-corrected chi connectivity index (χ3v) is 5.75. The molecule has 4 nitrogen and oxygen atoms in total. The summed E-state index contributed by atoms with van der Waals surface area (Å²) in [5.41, 5.74) is 1.37. The molecule has 0 radical (unpaired) electrons. The molecule has 1 unspecified atom stereocenters. The van der Waals surface area contributed by atoms with Gasteiger partial charge in [-0.15, -0.1) is 36.6 Å². The minimum absolute atomic E-state index is 0. The van der Waals surface area contributed by atoms with E-state index in [-0.39, 0.29) is 30.9 Å². The predicted molar refractivity (Wildman–Crippen MR) is 111 cm³/mol. The van der Waals surface area contributed by atoms with Crippen molar-refractivity contribution in [2.24, 2.45) is 5.92 Å². The second kappa shape index (κ2) is 11.3. The zero-order valence-electron chi connectivity index (χ0n) is 14.7. The van der Waals surface area contributed by atoms with Crippen LogP contribution in [0.5, 0.6) is 0 Å². The van der Waals surface area contributed by atoms with E-state index in [0.717, 1.165) is 50.7 Å². The van der Waals surface area contributed by atoms with Gasteiger partial charge >= 0.3 is 0 Å². The Kier molecular flexibility index (Phi) is 10.2. The molecule has 1 aromatic rings. The van der Waals surface area contributed by atoms with E-state index in [1.165, 1.54) is 5.56 Å². The highest BCUT2D eigenvalue weighted by Crippen LogP contribution is 2.21. The van der Waals surface area contributed by atoms with Crippen LogP contribution < -0.4 is 5.32 Å². The van der Waals surface area contributed by atoms with Crippen molar-refractivity contribution in [2.45, 2.75) is 25.4 Å². The molecular weight excluding hydrogens is 377 g/mol. The van der Waals surface area contributed by atoms with Crippen LogP contribution in [-0.4, -0.2) is 60.1 Å². The Morgan fingerprint density at radius 3 is 2.52 bits per heavy atom. The topological polar surface area (TPSA) is 35.6 Å². The number of thioether (sulfide) groups is 1. The highest BCUT2D eigenvalue weighted by atomic mass is 35.5. The average molecular weight is 406 g/mol. The zero-order chi connectivity index (χ0) is 16.1. The number of hydrogen-bond acceptors (Lipinski definition) is 4. The number of nitrogens with one attached hydrogen (secondary N) is 1. The van der Waals surface area contributed by atoms with Crippen LogP contribution in [0.1, 0.15) is 18.4 Å². The molecule has 1 amide bonds. The van der Waals surface area contributed by atoms with Crippen molar-refractivity contribution in [3.8, 4) is 0 Å². The molecule has 142 valence electrons. The van der Waals surface area contributed by atoms with Gasteiger partial charge in [0.2, 0.25) is 5.91 Å². The van der Waals surface area contributed by atoms with Gasteiger partial charge in [-0.3, -0.25) is 10.1 Å². The van der Waals surface area contributed by atoms with Crippen LogP contribution in [0.15, 0.2) is 30.3 Å². The first-order chi connectivity index (χ1) is 11.2. The molecular formula is C18H29Cl2N3OS. The molecule has 25 heavy (non-hydrogen) atoms. The summed E-state index contributed by atoms with van der Waals surface area (Å²) in [5.74, 6) is 2.86. The first kappa shape index (κ1) is 22.6. The molecule has 3 rings (SSSR count). The van der Waals surface area contributed by atoms with Gasteiger partial charge in [0.15, 0.2) is 0 Å². The molecule has 0 aromatic heterocycles. The maximum Gasteiger partial charge on any atom is 0.240 e.